The molecule has 2 unspecified atom stereocenters. The van der Waals surface area contributed by atoms with Crippen molar-refractivity contribution in [3.05, 3.63) is 66.0 Å². The first-order valence-electron chi connectivity index (χ1n) is 9.13. The molecule has 5 rings (SSSR count). The number of fused-ring (bicyclic) bond motifs is 1. The van der Waals surface area contributed by atoms with E-state index >= 15 is 0 Å². The molecule has 6 heteroatoms. The minimum Gasteiger partial charge on any atom is -0.335 e. The molecule has 0 radical (unpaired) electrons. The second kappa shape index (κ2) is 6.46. The van der Waals surface area contributed by atoms with Gasteiger partial charge in [-0.1, -0.05) is 42.5 Å². The lowest BCUT2D eigenvalue weighted by Gasteiger charge is -2.43. The number of nitrogens with zero attached hydrogens (tertiary/aromatic N) is 4. The first-order chi connectivity index (χ1) is 13.3. The largest absolute Gasteiger partial charge is 0.335 e. The Morgan fingerprint density at radius 3 is 2.63 bits per heavy atom. The number of H-pyrrole nitrogens is 1. The first kappa shape index (κ1) is 15.9. The maximum absolute atomic E-state index is 12.7. The van der Waals surface area contributed by atoms with Crippen molar-refractivity contribution in [3.8, 4) is 0 Å². The Kier molecular flexibility index (Phi) is 3.81. The third-order valence-corrected chi connectivity index (χ3v) is 5.38. The number of imidazole rings is 1. The van der Waals surface area contributed by atoms with Crippen molar-refractivity contribution >= 4 is 29.5 Å². The predicted molar refractivity (Wildman–Crippen MR) is 105 cm³/mol. The molecule has 3 aromatic rings. The number of amides is 1. The Bertz CT molecular complexity index is 1000. The highest BCUT2D eigenvalue weighted by atomic mass is 16.2. The third-order valence-electron chi connectivity index (χ3n) is 5.38. The topological polar surface area (TPSA) is 73.7 Å². The molecule has 2 atom stereocenters. The second-order valence-corrected chi connectivity index (χ2v) is 7.06. The van der Waals surface area contributed by atoms with Crippen LogP contribution in [0.3, 0.4) is 0 Å². The molecule has 6 nitrogen and oxygen atoms in total. The van der Waals surface area contributed by atoms with Crippen molar-refractivity contribution < 1.29 is 4.79 Å². The number of rotatable bonds is 3. The molecule has 1 N–H and O–H groups in total. The van der Waals surface area contributed by atoms with E-state index in [-0.39, 0.29) is 17.9 Å². The summed E-state index contributed by atoms with van der Waals surface area (Å²) in [6.07, 6.45) is 3.60. The van der Waals surface area contributed by atoms with E-state index < -0.39 is 0 Å². The van der Waals surface area contributed by atoms with Crippen molar-refractivity contribution in [3.63, 3.8) is 0 Å². The van der Waals surface area contributed by atoms with Crippen LogP contribution in [-0.4, -0.2) is 52.5 Å². The fraction of sp³-hybridized carbons (Fsp3) is 0.238. The zero-order valence-electron chi connectivity index (χ0n) is 14.7. The predicted octanol–water partition coefficient (Wildman–Crippen LogP) is 2.90. The number of likely N-dealkylation sites (tertiary alicyclic amines) is 1. The van der Waals surface area contributed by atoms with Crippen LogP contribution in [0.25, 0.3) is 11.0 Å². The van der Waals surface area contributed by atoms with Crippen LogP contribution in [0.4, 0.5) is 0 Å². The van der Waals surface area contributed by atoms with Gasteiger partial charge in [0, 0.05) is 31.1 Å². The summed E-state index contributed by atoms with van der Waals surface area (Å²) >= 11 is 0. The molecule has 2 aliphatic rings. The highest BCUT2D eigenvalue weighted by Crippen LogP contribution is 2.33. The highest BCUT2D eigenvalue weighted by molar-refractivity contribution is 5.94. The highest BCUT2D eigenvalue weighted by Gasteiger charge is 2.41. The van der Waals surface area contributed by atoms with Crippen molar-refractivity contribution in [2.45, 2.75) is 12.0 Å². The molecule has 134 valence electrons. The number of aliphatic imine (C=N–C) groups is 2. The Balaban J connectivity index is 1.30. The van der Waals surface area contributed by atoms with Crippen LogP contribution >= 0.6 is 0 Å². The lowest BCUT2D eigenvalue weighted by molar-refractivity contribution is 0.0436. The number of carbonyl (C=O) groups is 1. The van der Waals surface area contributed by atoms with Crippen molar-refractivity contribution in [1.29, 1.82) is 0 Å². The number of nitrogens with one attached hydrogen (secondary N) is 1. The van der Waals surface area contributed by atoms with E-state index in [4.69, 9.17) is 0 Å². The maximum atomic E-state index is 12.7. The smallest absolute Gasteiger partial charge is 0.289 e. The summed E-state index contributed by atoms with van der Waals surface area (Å²) < 4.78 is 0. The van der Waals surface area contributed by atoms with E-state index in [0.29, 0.717) is 24.8 Å². The number of hydrogen-bond donors (Lipinski definition) is 1. The molecule has 27 heavy (non-hydrogen) atoms. The van der Waals surface area contributed by atoms with Gasteiger partial charge in [0.1, 0.15) is 6.34 Å². The number of benzene rings is 2. The molecule has 0 saturated carbocycles. The van der Waals surface area contributed by atoms with E-state index in [0.717, 1.165) is 11.0 Å². The number of hydrogen-bond acceptors (Lipinski definition) is 4. The molecule has 0 spiro atoms. The Morgan fingerprint density at radius 1 is 1.04 bits per heavy atom. The van der Waals surface area contributed by atoms with Gasteiger partial charge >= 0.3 is 0 Å². The normalized spacial score (nSPS) is 22.1. The lowest BCUT2D eigenvalue weighted by Crippen LogP contribution is -2.55. The first-order valence-corrected chi connectivity index (χ1v) is 9.13. The van der Waals surface area contributed by atoms with Gasteiger partial charge in [-0.2, -0.15) is 0 Å². The van der Waals surface area contributed by atoms with Gasteiger partial charge in [0.2, 0.25) is 0 Å². The Morgan fingerprint density at radius 2 is 1.81 bits per heavy atom. The number of aromatic nitrogens is 2. The van der Waals surface area contributed by atoms with Crippen molar-refractivity contribution in [1.82, 2.24) is 14.9 Å². The van der Waals surface area contributed by atoms with Gasteiger partial charge in [0.25, 0.3) is 5.91 Å². The number of carbonyl (C=O) groups excluding carboxylic acids is 1. The maximum Gasteiger partial charge on any atom is 0.289 e. The summed E-state index contributed by atoms with van der Waals surface area (Å²) in [5, 5.41) is 0. The van der Waals surface area contributed by atoms with E-state index in [1.165, 1.54) is 5.56 Å². The monoisotopic (exact) mass is 357 g/mol. The summed E-state index contributed by atoms with van der Waals surface area (Å²) in [7, 11) is 0. The molecule has 1 aromatic heterocycles. The fourth-order valence-electron chi connectivity index (χ4n) is 3.90. The summed E-state index contributed by atoms with van der Waals surface area (Å²) in [5.74, 6) is 0.839. The van der Waals surface area contributed by atoms with E-state index in [1.54, 1.807) is 6.34 Å². The summed E-state index contributed by atoms with van der Waals surface area (Å²) in [5.41, 5.74) is 2.91. The van der Waals surface area contributed by atoms with Crippen LogP contribution in [0, 0.1) is 5.92 Å². The van der Waals surface area contributed by atoms with Crippen LogP contribution in [-0.2, 0) is 0 Å². The average Bonchev–Trinajstić information content (AvgIpc) is 3.12. The molecule has 2 aromatic carbocycles. The zero-order valence-corrected chi connectivity index (χ0v) is 14.7. The number of aromatic amines is 1. The SMILES string of the molecule is O=C(c1nc2ccccc2[nH]1)N1CC(C2N=CN=CC2c2ccccc2)C1. The van der Waals surface area contributed by atoms with Gasteiger partial charge in [-0.3, -0.25) is 9.79 Å². The van der Waals surface area contributed by atoms with Crippen LogP contribution in [0.1, 0.15) is 22.1 Å². The summed E-state index contributed by atoms with van der Waals surface area (Å²) in [6, 6.07) is 18.1. The lowest BCUT2D eigenvalue weighted by atomic mass is 9.80. The molecule has 2 aliphatic heterocycles. The van der Waals surface area contributed by atoms with E-state index in [9.17, 15) is 4.79 Å². The van der Waals surface area contributed by atoms with Crippen LogP contribution in [0.5, 0.6) is 0 Å². The second-order valence-electron chi connectivity index (χ2n) is 7.06. The molecule has 1 fully saturated rings. The molecule has 0 aliphatic carbocycles. The van der Waals surface area contributed by atoms with E-state index in [1.807, 2.05) is 53.6 Å². The van der Waals surface area contributed by atoms with Crippen LogP contribution in [0.2, 0.25) is 0 Å². The number of para-hydroxylation sites is 2. The molecule has 1 amide bonds. The Labute approximate surface area is 156 Å². The van der Waals surface area contributed by atoms with Gasteiger partial charge in [-0.25, -0.2) is 9.98 Å². The minimum absolute atomic E-state index is 0.0489. The van der Waals surface area contributed by atoms with Crippen molar-refractivity contribution in [2.24, 2.45) is 15.9 Å². The standard InChI is InChI=1S/C21H19N5O/c27-21(20-24-17-8-4-5-9-18(17)25-20)26-11-15(12-26)19-16(10-22-13-23-19)14-6-2-1-3-7-14/h1-10,13,15-16,19H,11-12H2,(H,24,25). The fourth-order valence-corrected chi connectivity index (χ4v) is 3.90. The minimum atomic E-state index is -0.0489. The van der Waals surface area contributed by atoms with Crippen molar-refractivity contribution in [2.75, 3.05) is 13.1 Å². The van der Waals surface area contributed by atoms with Gasteiger partial charge < -0.3 is 9.88 Å². The molecule has 0 bridgehead atoms. The molecule has 3 heterocycles. The third kappa shape index (κ3) is 2.83. The average molecular weight is 357 g/mol. The van der Waals surface area contributed by atoms with Gasteiger partial charge in [-0.15, -0.1) is 0 Å². The molecular weight excluding hydrogens is 338 g/mol. The summed E-state index contributed by atoms with van der Waals surface area (Å²) in [4.78, 5) is 31.0. The Hall–Kier alpha value is -3.28. The van der Waals surface area contributed by atoms with E-state index in [2.05, 4.69) is 32.1 Å². The summed E-state index contributed by atoms with van der Waals surface area (Å²) in [6.45, 7) is 1.38. The molecular formula is C21H19N5O. The van der Waals surface area contributed by atoms with Gasteiger partial charge in [-0.05, 0) is 17.7 Å². The van der Waals surface area contributed by atoms with Crippen LogP contribution < -0.4 is 0 Å². The molecule has 1 saturated heterocycles. The van der Waals surface area contributed by atoms with Crippen LogP contribution in [0.15, 0.2) is 64.6 Å². The quantitative estimate of drug-likeness (QED) is 0.783. The zero-order chi connectivity index (χ0) is 18.2. The van der Waals surface area contributed by atoms with Gasteiger partial charge in [0.05, 0.1) is 17.1 Å². The van der Waals surface area contributed by atoms with Gasteiger partial charge in [0.15, 0.2) is 5.82 Å².